The molecule has 1 aromatic rings. The molecule has 2 aliphatic heterocycles. The van der Waals surface area contributed by atoms with Crippen molar-refractivity contribution in [2.24, 2.45) is 17.8 Å². The van der Waals surface area contributed by atoms with E-state index in [0.29, 0.717) is 29.9 Å². The largest absolute Gasteiger partial charge is 0.458 e. The van der Waals surface area contributed by atoms with Gasteiger partial charge in [0.1, 0.15) is 18.3 Å². The van der Waals surface area contributed by atoms with Gasteiger partial charge < -0.3 is 18.9 Å². The van der Waals surface area contributed by atoms with Gasteiger partial charge in [-0.25, -0.2) is 14.4 Å². The van der Waals surface area contributed by atoms with Gasteiger partial charge in [0.25, 0.3) is 0 Å². The highest BCUT2D eigenvalue weighted by Crippen LogP contribution is 2.48. The molecule has 2 saturated carbocycles. The van der Waals surface area contributed by atoms with Crippen molar-refractivity contribution in [2.75, 3.05) is 6.61 Å². The Bertz CT molecular complexity index is 965. The zero-order valence-electron chi connectivity index (χ0n) is 18.8. The van der Waals surface area contributed by atoms with E-state index in [-0.39, 0.29) is 23.4 Å². The zero-order chi connectivity index (χ0) is 23.7. The van der Waals surface area contributed by atoms with Crippen LogP contribution in [0, 0.1) is 17.8 Å². The number of ether oxygens (including phenoxy) is 4. The third-order valence-corrected chi connectivity index (χ3v) is 6.68. The lowest BCUT2D eigenvalue weighted by Crippen LogP contribution is -2.45. The van der Waals surface area contributed by atoms with Crippen molar-refractivity contribution in [1.29, 1.82) is 0 Å². The predicted octanol–water partition coefficient (Wildman–Crippen LogP) is 3.30. The smallest absolute Gasteiger partial charge is 0.344 e. The van der Waals surface area contributed by atoms with Gasteiger partial charge in [0.15, 0.2) is 6.61 Å². The Kier molecular flexibility index (Phi) is 6.54. The molecule has 0 N–H and O–H groups in total. The normalized spacial score (nSPS) is 28.3. The van der Waals surface area contributed by atoms with Gasteiger partial charge in [0, 0.05) is 11.5 Å². The molecule has 8 nitrogen and oxygen atoms in total. The lowest BCUT2D eigenvalue weighted by molar-refractivity contribution is -0.174. The molecule has 4 bridgehead atoms. The highest BCUT2D eigenvalue weighted by atomic mass is 16.6. The molecule has 6 unspecified atom stereocenters. The maximum absolute atomic E-state index is 12.4. The van der Waals surface area contributed by atoms with Crippen molar-refractivity contribution in [2.45, 2.75) is 57.8 Å². The minimum absolute atomic E-state index is 0.102. The number of carbonyl (C=O) groups excluding carboxylic acids is 4. The molecule has 0 spiro atoms. The van der Waals surface area contributed by atoms with E-state index in [4.69, 9.17) is 18.9 Å². The molecule has 0 amide bonds. The molecule has 6 atom stereocenters. The maximum atomic E-state index is 12.4. The van der Waals surface area contributed by atoms with Crippen molar-refractivity contribution in [3.8, 4) is 0 Å². The number of hydrogen-bond acceptors (Lipinski definition) is 8. The average molecular weight is 456 g/mol. The van der Waals surface area contributed by atoms with Gasteiger partial charge in [-0.05, 0) is 63.1 Å². The number of fused-ring (bicyclic) bond motifs is 1. The van der Waals surface area contributed by atoms with Crippen molar-refractivity contribution in [3.05, 3.63) is 47.5 Å². The van der Waals surface area contributed by atoms with Crippen LogP contribution in [0.5, 0.6) is 0 Å². The van der Waals surface area contributed by atoms with Crippen LogP contribution >= 0.6 is 0 Å². The molecule has 5 rings (SSSR count). The topological polar surface area (TPSA) is 105 Å². The van der Waals surface area contributed by atoms with Gasteiger partial charge in [-0.1, -0.05) is 18.7 Å². The SMILES string of the molecule is C=C(C)C(=O)OC(C)c1ccc(C(=O)OCC(=O)OC2C3CC4CC(C3)C(=O)OC2C4)cc1. The Balaban J connectivity index is 1.28. The van der Waals surface area contributed by atoms with Gasteiger partial charge in [0.05, 0.1) is 11.5 Å². The van der Waals surface area contributed by atoms with E-state index < -0.39 is 42.8 Å². The minimum atomic E-state index is -0.668. The van der Waals surface area contributed by atoms with Crippen molar-refractivity contribution in [3.63, 3.8) is 0 Å². The average Bonchev–Trinajstić information content (AvgIpc) is 2.95. The first-order chi connectivity index (χ1) is 15.7. The standard InChI is InChI=1S/C25H28O8/c1-13(2)23(27)31-14(3)16-4-6-17(7-5-16)24(28)30-12-21(26)33-22-18-8-15-9-19(11-18)25(29)32-20(22)10-15/h4-7,14-15,18-20,22H,1,8-12H2,2-3H3. The maximum Gasteiger partial charge on any atom is 0.344 e. The number of benzene rings is 1. The van der Waals surface area contributed by atoms with Crippen LogP contribution in [0.15, 0.2) is 36.4 Å². The summed E-state index contributed by atoms with van der Waals surface area (Å²) in [7, 11) is 0. The van der Waals surface area contributed by atoms with Gasteiger partial charge in [0.2, 0.25) is 0 Å². The molecule has 33 heavy (non-hydrogen) atoms. The molecule has 0 aromatic heterocycles. The summed E-state index contributed by atoms with van der Waals surface area (Å²) in [6, 6.07) is 6.38. The van der Waals surface area contributed by atoms with Crippen molar-refractivity contribution in [1.82, 2.24) is 0 Å². The van der Waals surface area contributed by atoms with E-state index >= 15 is 0 Å². The summed E-state index contributed by atoms with van der Waals surface area (Å²) in [5.74, 6) is -1.57. The van der Waals surface area contributed by atoms with Crippen LogP contribution in [-0.2, 0) is 33.3 Å². The third kappa shape index (κ3) is 5.10. The fraction of sp³-hybridized carbons (Fsp3) is 0.520. The molecule has 2 heterocycles. The Morgan fingerprint density at radius 3 is 2.55 bits per heavy atom. The zero-order valence-corrected chi connectivity index (χ0v) is 18.8. The van der Waals surface area contributed by atoms with Gasteiger partial charge in [-0.2, -0.15) is 0 Å². The third-order valence-electron chi connectivity index (χ3n) is 6.68. The highest BCUT2D eigenvalue weighted by molar-refractivity contribution is 5.91. The Hall–Kier alpha value is -3.16. The Labute approximate surface area is 192 Å². The first-order valence-corrected chi connectivity index (χ1v) is 11.2. The highest BCUT2D eigenvalue weighted by Gasteiger charge is 2.51. The number of carbonyl (C=O) groups is 4. The van der Waals surface area contributed by atoms with Gasteiger partial charge in [-0.3, -0.25) is 4.79 Å². The summed E-state index contributed by atoms with van der Waals surface area (Å²) in [6.07, 6.45) is 1.77. The second-order valence-electron chi connectivity index (χ2n) is 9.22. The lowest BCUT2D eigenvalue weighted by Gasteiger charge is -2.41. The minimum Gasteiger partial charge on any atom is -0.458 e. The van der Waals surface area contributed by atoms with Crippen LogP contribution in [0.25, 0.3) is 0 Å². The van der Waals surface area contributed by atoms with Crippen LogP contribution in [0.4, 0.5) is 0 Å². The quantitative estimate of drug-likeness (QED) is 0.350. The molecule has 0 radical (unpaired) electrons. The molecular weight excluding hydrogens is 428 g/mol. The van der Waals surface area contributed by atoms with Crippen LogP contribution in [0.3, 0.4) is 0 Å². The molecule has 2 aliphatic carbocycles. The van der Waals surface area contributed by atoms with E-state index in [0.717, 1.165) is 12.8 Å². The van der Waals surface area contributed by atoms with Crippen LogP contribution < -0.4 is 0 Å². The molecule has 8 heteroatoms. The predicted molar refractivity (Wildman–Crippen MR) is 115 cm³/mol. The lowest BCUT2D eigenvalue weighted by atomic mass is 9.67. The molecular formula is C25H28O8. The molecule has 176 valence electrons. The second kappa shape index (κ2) is 9.37. The molecule has 2 saturated heterocycles. The number of esters is 4. The van der Waals surface area contributed by atoms with E-state index in [1.54, 1.807) is 26.0 Å². The summed E-state index contributed by atoms with van der Waals surface area (Å²) in [6.45, 7) is 6.30. The summed E-state index contributed by atoms with van der Waals surface area (Å²) in [4.78, 5) is 48.5. The van der Waals surface area contributed by atoms with E-state index in [9.17, 15) is 19.2 Å². The fourth-order valence-corrected chi connectivity index (χ4v) is 5.05. The fourth-order valence-electron chi connectivity index (χ4n) is 5.05. The van der Waals surface area contributed by atoms with E-state index in [1.807, 2.05) is 0 Å². The van der Waals surface area contributed by atoms with E-state index in [2.05, 4.69) is 6.58 Å². The number of hydrogen-bond donors (Lipinski definition) is 0. The molecule has 1 aromatic carbocycles. The summed E-state index contributed by atoms with van der Waals surface area (Å²) in [5.41, 5.74) is 1.26. The summed E-state index contributed by atoms with van der Waals surface area (Å²) in [5, 5.41) is 0. The summed E-state index contributed by atoms with van der Waals surface area (Å²) >= 11 is 0. The van der Waals surface area contributed by atoms with Crippen LogP contribution in [0.2, 0.25) is 0 Å². The Morgan fingerprint density at radius 1 is 1.12 bits per heavy atom. The van der Waals surface area contributed by atoms with Gasteiger partial charge >= 0.3 is 23.9 Å². The Morgan fingerprint density at radius 2 is 1.85 bits per heavy atom. The molecule has 4 aliphatic rings. The van der Waals surface area contributed by atoms with Crippen LogP contribution in [0.1, 0.15) is 61.6 Å². The van der Waals surface area contributed by atoms with Crippen molar-refractivity contribution >= 4 is 23.9 Å². The first-order valence-electron chi connectivity index (χ1n) is 11.2. The van der Waals surface area contributed by atoms with Crippen molar-refractivity contribution < 1.29 is 38.1 Å². The van der Waals surface area contributed by atoms with Gasteiger partial charge in [-0.15, -0.1) is 0 Å². The number of rotatable bonds is 7. The van der Waals surface area contributed by atoms with E-state index in [1.165, 1.54) is 12.1 Å². The monoisotopic (exact) mass is 456 g/mol. The summed E-state index contributed by atoms with van der Waals surface area (Å²) < 4.78 is 21.5. The molecule has 4 fully saturated rings. The second-order valence-corrected chi connectivity index (χ2v) is 9.22. The first kappa shape index (κ1) is 23.0. The van der Waals surface area contributed by atoms with Crippen LogP contribution in [-0.4, -0.2) is 42.7 Å².